The molecule has 1 rings (SSSR count). The van der Waals surface area contributed by atoms with E-state index in [1.165, 1.54) is 0 Å². The maximum atomic E-state index is 10.9. The minimum atomic E-state index is -5.72. The van der Waals surface area contributed by atoms with E-state index in [4.69, 9.17) is 24.5 Å². The van der Waals surface area contributed by atoms with E-state index in [0.29, 0.717) is 7.11 Å². The van der Waals surface area contributed by atoms with Gasteiger partial charge in [0.15, 0.2) is 0 Å². The number of rotatable bonds is 7. The van der Waals surface area contributed by atoms with E-state index in [1.54, 1.807) is 12.4 Å². The van der Waals surface area contributed by atoms with Gasteiger partial charge in [-0.3, -0.25) is 9.51 Å². The van der Waals surface area contributed by atoms with Crippen molar-refractivity contribution in [2.24, 2.45) is 0 Å². The zero-order valence-electron chi connectivity index (χ0n) is 11.6. The second kappa shape index (κ2) is 11.5. The summed E-state index contributed by atoms with van der Waals surface area (Å²) in [6.45, 7) is 0. The Bertz CT molecular complexity index is 666. The predicted molar refractivity (Wildman–Crippen MR) is 83.2 cm³/mol. The molecule has 0 amide bonds. The van der Waals surface area contributed by atoms with Crippen LogP contribution in [0.25, 0.3) is 0 Å². The van der Waals surface area contributed by atoms with Crippen LogP contribution in [0, 0.1) is 0 Å². The fourth-order valence-electron chi connectivity index (χ4n) is 0.771. The number of nitrogens with zero attached hydrogens (tertiary/aromatic N) is 1. The first-order valence-corrected chi connectivity index (χ1v) is 11.3. The first-order chi connectivity index (χ1) is 10.7. The van der Waals surface area contributed by atoms with Crippen molar-refractivity contribution in [1.29, 1.82) is 0 Å². The smallest absolute Gasteiger partial charge is 0.0267 e. The van der Waals surface area contributed by atoms with Gasteiger partial charge in [0.1, 0.15) is 0 Å². The van der Waals surface area contributed by atoms with E-state index in [1.807, 2.05) is 18.2 Å². The maximum Gasteiger partial charge on any atom is 0.0267 e. The number of phosphoric acid groups is 4. The van der Waals surface area contributed by atoms with Crippen LogP contribution in [0.5, 0.6) is 0 Å². The van der Waals surface area contributed by atoms with Gasteiger partial charge in [-0.1, -0.05) is 6.07 Å². The summed E-state index contributed by atoms with van der Waals surface area (Å²) < 4.78 is 56.2. The van der Waals surface area contributed by atoms with Crippen molar-refractivity contribution in [1.82, 2.24) is 4.98 Å². The molecule has 3 atom stereocenters. The van der Waals surface area contributed by atoms with E-state index in [2.05, 4.69) is 22.4 Å². The van der Waals surface area contributed by atoms with Crippen LogP contribution in [0.4, 0.5) is 0 Å². The Kier molecular flexibility index (Phi) is 12.9. The SMILES string of the molecule is COP(=O)(O)OP(=O)(O)OP(=O)(O)OP(=O)(O)O.[NaH].c1ccncc1. The summed E-state index contributed by atoms with van der Waals surface area (Å²) in [7, 11) is -21.3. The van der Waals surface area contributed by atoms with Crippen molar-refractivity contribution in [3.8, 4) is 0 Å². The fourth-order valence-corrected chi connectivity index (χ4v) is 4.97. The van der Waals surface area contributed by atoms with Gasteiger partial charge < -0.3 is 24.5 Å². The fraction of sp³-hybridized carbons (Fsp3) is 0.167. The third-order valence-electron chi connectivity index (χ3n) is 1.42. The molecule has 0 bridgehead atoms. The summed E-state index contributed by atoms with van der Waals surface area (Å²) in [6.07, 6.45) is 3.50. The largest absolute Gasteiger partial charge is 0.265 e. The molecule has 1 heterocycles. The molecular formula is C6H14NNaO13P4. The molecule has 0 fully saturated rings. The number of phosphoric ester groups is 1. The number of hydrogen-bond acceptors (Lipinski definition) is 9. The summed E-state index contributed by atoms with van der Waals surface area (Å²) >= 11 is 0. The molecule has 1 aromatic rings. The molecule has 14 nitrogen and oxygen atoms in total. The van der Waals surface area contributed by atoms with Crippen LogP contribution in [0.15, 0.2) is 30.6 Å². The summed E-state index contributed by atoms with van der Waals surface area (Å²) in [5.74, 6) is 0. The average molecular weight is 455 g/mol. The molecule has 0 radical (unpaired) electrons. The van der Waals surface area contributed by atoms with Gasteiger partial charge >= 0.3 is 60.8 Å². The predicted octanol–water partition coefficient (Wildman–Crippen LogP) is 0.510. The molecule has 0 aliphatic heterocycles. The number of pyridine rings is 1. The van der Waals surface area contributed by atoms with Gasteiger partial charge in [0.05, 0.1) is 0 Å². The summed E-state index contributed by atoms with van der Waals surface area (Å²) in [5.41, 5.74) is 0. The first-order valence-electron chi connectivity index (χ1n) is 5.27. The van der Waals surface area contributed by atoms with Gasteiger partial charge in [0, 0.05) is 19.5 Å². The summed E-state index contributed by atoms with van der Waals surface area (Å²) in [6, 6.07) is 5.72. The molecule has 0 saturated heterocycles. The van der Waals surface area contributed by atoms with Crippen LogP contribution < -0.4 is 0 Å². The van der Waals surface area contributed by atoms with E-state index in [0.717, 1.165) is 0 Å². The molecule has 5 N–H and O–H groups in total. The van der Waals surface area contributed by atoms with Crippen molar-refractivity contribution in [3.05, 3.63) is 30.6 Å². The second-order valence-corrected chi connectivity index (χ2v) is 9.47. The molecular weight excluding hydrogens is 441 g/mol. The van der Waals surface area contributed by atoms with Crippen LogP contribution in [0.3, 0.4) is 0 Å². The first kappa shape index (κ1) is 27.9. The second-order valence-electron chi connectivity index (χ2n) is 3.35. The molecule has 142 valence electrons. The standard InChI is InChI=1S/C5H5N.CH8O13P4.Na.H/c1-2-4-6-5-3-1;1-11-16(5,6)13-18(9,10)14-17(7,8)12-15(2,3)4;;/h1-5H;1H3,(H,5,6)(H,7,8)(H,9,10)(H2,2,3,4);;. The molecule has 0 aliphatic rings. The van der Waals surface area contributed by atoms with Gasteiger partial charge in [0.25, 0.3) is 0 Å². The van der Waals surface area contributed by atoms with Crippen molar-refractivity contribution in [2.75, 3.05) is 7.11 Å². The van der Waals surface area contributed by atoms with Crippen LogP contribution in [0.2, 0.25) is 0 Å². The van der Waals surface area contributed by atoms with E-state index in [-0.39, 0.29) is 29.6 Å². The topological polar surface area (TPSA) is 219 Å². The normalized spacial score (nSPS) is 18.3. The molecule has 3 unspecified atom stereocenters. The quantitative estimate of drug-likeness (QED) is 0.279. The Morgan fingerprint density at radius 3 is 1.40 bits per heavy atom. The van der Waals surface area contributed by atoms with Crippen LogP contribution in [-0.4, -0.2) is 66.1 Å². The van der Waals surface area contributed by atoms with Gasteiger partial charge in [-0.2, -0.15) is 12.9 Å². The van der Waals surface area contributed by atoms with E-state index in [9.17, 15) is 18.3 Å². The molecule has 1 aromatic heterocycles. The molecule has 0 saturated carbocycles. The monoisotopic (exact) mass is 455 g/mol. The minimum Gasteiger partial charge on any atom is -0.265 e. The van der Waals surface area contributed by atoms with E-state index < -0.39 is 31.3 Å². The van der Waals surface area contributed by atoms with Crippen molar-refractivity contribution in [2.45, 2.75) is 0 Å². The summed E-state index contributed by atoms with van der Waals surface area (Å²) in [4.78, 5) is 46.1. The molecule has 19 heteroatoms. The van der Waals surface area contributed by atoms with Crippen LogP contribution >= 0.6 is 31.3 Å². The van der Waals surface area contributed by atoms with Crippen molar-refractivity contribution in [3.63, 3.8) is 0 Å². The molecule has 0 aliphatic carbocycles. The van der Waals surface area contributed by atoms with Crippen LogP contribution in [-0.2, 0) is 35.7 Å². The summed E-state index contributed by atoms with van der Waals surface area (Å²) in [5, 5.41) is 0. The Hall–Kier alpha value is 0.710. The Labute approximate surface area is 163 Å². The molecule has 0 aromatic carbocycles. The zero-order valence-corrected chi connectivity index (χ0v) is 15.2. The minimum absolute atomic E-state index is 0. The Morgan fingerprint density at radius 2 is 1.12 bits per heavy atom. The average Bonchev–Trinajstić information content (AvgIpc) is 2.35. The van der Waals surface area contributed by atoms with Gasteiger partial charge in [-0.15, -0.1) is 0 Å². The third-order valence-corrected chi connectivity index (χ3v) is 6.86. The number of aromatic nitrogens is 1. The van der Waals surface area contributed by atoms with Crippen LogP contribution in [0.1, 0.15) is 0 Å². The van der Waals surface area contributed by atoms with E-state index >= 15 is 0 Å². The van der Waals surface area contributed by atoms with Gasteiger partial charge in [0.2, 0.25) is 0 Å². The van der Waals surface area contributed by atoms with Gasteiger partial charge in [-0.05, 0) is 12.1 Å². The Balaban J connectivity index is 0. The zero-order chi connectivity index (χ0) is 19.1. The third kappa shape index (κ3) is 16.6. The van der Waals surface area contributed by atoms with Crippen molar-refractivity contribution >= 4 is 60.8 Å². The number of hydrogen-bond donors (Lipinski definition) is 5. The maximum absolute atomic E-state index is 10.9. The van der Waals surface area contributed by atoms with Gasteiger partial charge in [-0.25, -0.2) is 18.3 Å². The Morgan fingerprint density at radius 1 is 0.720 bits per heavy atom. The molecule has 0 spiro atoms. The van der Waals surface area contributed by atoms with Crippen molar-refractivity contribution < 1.29 is 60.2 Å². The molecule has 25 heavy (non-hydrogen) atoms.